The molecule has 0 amide bonds. The molecule has 4 fully saturated rings. The van der Waals surface area contributed by atoms with Crippen molar-refractivity contribution in [3.63, 3.8) is 0 Å². The summed E-state index contributed by atoms with van der Waals surface area (Å²) in [5.74, 6) is 2.85. The molecule has 180 valence electrons. The van der Waals surface area contributed by atoms with Crippen LogP contribution in [0, 0.1) is 46.3 Å². The third-order valence-electron chi connectivity index (χ3n) is 10.4. The Morgan fingerprint density at radius 3 is 2.53 bits per heavy atom. The fourth-order valence-electron chi connectivity index (χ4n) is 9.00. The number of carbonyl (C=O) groups is 3. The molecule has 32 heavy (non-hydrogen) atoms. The van der Waals surface area contributed by atoms with E-state index in [9.17, 15) is 14.4 Å². The summed E-state index contributed by atoms with van der Waals surface area (Å²) in [6, 6.07) is 0. The standard InChI is InChI=1S/C27H42O5/c1-16(6-11-24(30)31-5)21-9-10-22-20-8-7-18-14-19(32-17(2)28)12-13-26(18,3)25(20)23(29)15-27(21,22)4/h16,18-22,25H,6-15H2,1-5H3. The molecular weight excluding hydrogens is 404 g/mol. The molecule has 0 heterocycles. The summed E-state index contributed by atoms with van der Waals surface area (Å²) < 4.78 is 10.4. The zero-order valence-corrected chi connectivity index (χ0v) is 20.7. The second-order valence-electron chi connectivity index (χ2n) is 12.0. The van der Waals surface area contributed by atoms with Crippen LogP contribution in [0.4, 0.5) is 0 Å². The SMILES string of the molecule is COC(=O)CCC(C)C1CCC2C3CCC4CC(OC(C)=O)CCC4(C)C3C(=O)CC12C. The lowest BCUT2D eigenvalue weighted by Crippen LogP contribution is -2.58. The maximum Gasteiger partial charge on any atom is 0.305 e. The van der Waals surface area contributed by atoms with Gasteiger partial charge in [0.25, 0.3) is 0 Å². The zero-order valence-electron chi connectivity index (χ0n) is 20.7. The first kappa shape index (κ1) is 23.8. The van der Waals surface area contributed by atoms with Crippen LogP contribution in [0.15, 0.2) is 0 Å². The minimum Gasteiger partial charge on any atom is -0.469 e. The number of Topliss-reactive ketones (excluding diaryl/α,β-unsaturated/α-hetero) is 1. The second kappa shape index (κ2) is 8.76. The Hall–Kier alpha value is -1.39. The number of carbonyl (C=O) groups excluding carboxylic acids is 3. The predicted octanol–water partition coefficient (Wildman–Crippen LogP) is 5.35. The molecule has 4 aliphatic rings. The van der Waals surface area contributed by atoms with Crippen LogP contribution in [-0.4, -0.2) is 30.9 Å². The average Bonchev–Trinajstić information content (AvgIpc) is 3.07. The van der Waals surface area contributed by atoms with Gasteiger partial charge in [0.1, 0.15) is 11.9 Å². The van der Waals surface area contributed by atoms with E-state index in [2.05, 4.69) is 20.8 Å². The highest BCUT2D eigenvalue weighted by atomic mass is 16.5. The Balaban J connectivity index is 1.50. The van der Waals surface area contributed by atoms with Crippen LogP contribution in [0.1, 0.15) is 91.9 Å². The van der Waals surface area contributed by atoms with Gasteiger partial charge in [0.15, 0.2) is 0 Å². The maximum atomic E-state index is 13.8. The van der Waals surface area contributed by atoms with Crippen LogP contribution >= 0.6 is 0 Å². The van der Waals surface area contributed by atoms with E-state index >= 15 is 0 Å². The van der Waals surface area contributed by atoms with Gasteiger partial charge in [-0.1, -0.05) is 20.8 Å². The molecule has 0 radical (unpaired) electrons. The van der Waals surface area contributed by atoms with E-state index in [-0.39, 0.29) is 34.8 Å². The molecular formula is C27H42O5. The molecule has 5 heteroatoms. The number of rotatable bonds is 5. The van der Waals surface area contributed by atoms with Gasteiger partial charge in [-0.3, -0.25) is 14.4 Å². The van der Waals surface area contributed by atoms with Gasteiger partial charge in [0.2, 0.25) is 0 Å². The Morgan fingerprint density at radius 2 is 1.84 bits per heavy atom. The molecule has 9 atom stereocenters. The smallest absolute Gasteiger partial charge is 0.305 e. The highest BCUT2D eigenvalue weighted by Crippen LogP contribution is 2.67. The Bertz CT molecular complexity index is 761. The molecule has 0 aliphatic heterocycles. The molecule has 0 aromatic carbocycles. The normalized spacial score (nSPS) is 44.1. The summed E-state index contributed by atoms with van der Waals surface area (Å²) in [6.45, 7) is 8.51. The predicted molar refractivity (Wildman–Crippen MR) is 122 cm³/mol. The van der Waals surface area contributed by atoms with E-state index in [1.165, 1.54) is 26.9 Å². The van der Waals surface area contributed by atoms with Crippen molar-refractivity contribution in [2.45, 2.75) is 98.0 Å². The summed E-state index contributed by atoms with van der Waals surface area (Å²) in [5, 5.41) is 0. The average molecular weight is 447 g/mol. The van der Waals surface area contributed by atoms with Crippen molar-refractivity contribution in [2.75, 3.05) is 7.11 Å². The first-order valence-corrected chi connectivity index (χ1v) is 12.9. The van der Waals surface area contributed by atoms with E-state index < -0.39 is 0 Å². The van der Waals surface area contributed by atoms with Crippen molar-refractivity contribution in [3.8, 4) is 0 Å². The molecule has 0 aromatic heterocycles. The molecule has 4 aliphatic carbocycles. The van der Waals surface area contributed by atoms with Gasteiger partial charge in [-0.25, -0.2) is 0 Å². The van der Waals surface area contributed by atoms with E-state index in [4.69, 9.17) is 9.47 Å². The molecule has 5 nitrogen and oxygen atoms in total. The van der Waals surface area contributed by atoms with Crippen LogP contribution in [0.2, 0.25) is 0 Å². The van der Waals surface area contributed by atoms with E-state index in [0.717, 1.165) is 38.5 Å². The molecule has 0 spiro atoms. The van der Waals surface area contributed by atoms with Crippen molar-refractivity contribution < 1.29 is 23.9 Å². The number of methoxy groups -OCH3 is 1. The van der Waals surface area contributed by atoms with Gasteiger partial charge >= 0.3 is 11.9 Å². The summed E-state index contributed by atoms with van der Waals surface area (Å²) in [6.07, 6.45) is 9.51. The van der Waals surface area contributed by atoms with Crippen molar-refractivity contribution in [1.29, 1.82) is 0 Å². The number of esters is 2. The highest BCUT2D eigenvalue weighted by Gasteiger charge is 2.63. The van der Waals surface area contributed by atoms with E-state index in [0.29, 0.717) is 48.2 Å². The molecule has 9 unspecified atom stereocenters. The van der Waals surface area contributed by atoms with Crippen molar-refractivity contribution in [3.05, 3.63) is 0 Å². The summed E-state index contributed by atoms with van der Waals surface area (Å²) >= 11 is 0. The number of ketones is 1. The van der Waals surface area contributed by atoms with Gasteiger partial charge in [0, 0.05) is 25.7 Å². The number of ether oxygens (including phenoxy) is 2. The summed E-state index contributed by atoms with van der Waals surface area (Å²) in [7, 11) is 1.45. The second-order valence-corrected chi connectivity index (χ2v) is 12.0. The van der Waals surface area contributed by atoms with Crippen molar-refractivity contribution in [2.24, 2.45) is 46.3 Å². The Labute approximate surface area is 193 Å². The van der Waals surface area contributed by atoms with Gasteiger partial charge in [-0.05, 0) is 91.8 Å². The van der Waals surface area contributed by atoms with Crippen LogP contribution in [0.25, 0.3) is 0 Å². The summed E-state index contributed by atoms with van der Waals surface area (Å²) in [5.41, 5.74) is 0.110. The summed E-state index contributed by atoms with van der Waals surface area (Å²) in [4.78, 5) is 37.0. The third-order valence-corrected chi connectivity index (χ3v) is 10.4. The molecule has 0 saturated heterocycles. The zero-order chi connectivity index (χ0) is 23.3. The Morgan fingerprint density at radius 1 is 1.09 bits per heavy atom. The van der Waals surface area contributed by atoms with E-state index in [1.807, 2.05) is 0 Å². The van der Waals surface area contributed by atoms with Crippen LogP contribution < -0.4 is 0 Å². The van der Waals surface area contributed by atoms with Crippen LogP contribution in [0.5, 0.6) is 0 Å². The molecule has 0 bridgehead atoms. The van der Waals surface area contributed by atoms with Gasteiger partial charge < -0.3 is 9.47 Å². The number of fused-ring (bicyclic) bond motifs is 5. The molecule has 4 saturated carbocycles. The van der Waals surface area contributed by atoms with Gasteiger partial charge in [-0.2, -0.15) is 0 Å². The Kier molecular flexibility index (Phi) is 6.50. The van der Waals surface area contributed by atoms with E-state index in [1.54, 1.807) is 0 Å². The van der Waals surface area contributed by atoms with Crippen molar-refractivity contribution in [1.82, 2.24) is 0 Å². The lowest BCUT2D eigenvalue weighted by Gasteiger charge is -2.60. The molecule has 4 rings (SSSR count). The minimum atomic E-state index is -0.185. The monoisotopic (exact) mass is 446 g/mol. The third kappa shape index (κ3) is 3.92. The molecule has 0 aromatic rings. The first-order valence-electron chi connectivity index (χ1n) is 12.9. The fourth-order valence-corrected chi connectivity index (χ4v) is 9.00. The van der Waals surface area contributed by atoms with Gasteiger partial charge in [-0.15, -0.1) is 0 Å². The number of hydrogen-bond donors (Lipinski definition) is 0. The minimum absolute atomic E-state index is 0.0256. The first-order chi connectivity index (χ1) is 15.1. The van der Waals surface area contributed by atoms with Crippen LogP contribution in [-0.2, 0) is 23.9 Å². The molecule has 0 N–H and O–H groups in total. The fraction of sp³-hybridized carbons (Fsp3) is 0.889. The van der Waals surface area contributed by atoms with Gasteiger partial charge in [0.05, 0.1) is 7.11 Å². The van der Waals surface area contributed by atoms with Crippen LogP contribution in [0.3, 0.4) is 0 Å². The topological polar surface area (TPSA) is 69.7 Å². The highest BCUT2D eigenvalue weighted by molar-refractivity contribution is 5.84. The lowest BCUT2D eigenvalue weighted by molar-refractivity contribution is -0.169. The lowest BCUT2D eigenvalue weighted by atomic mass is 9.44. The quantitative estimate of drug-likeness (QED) is 0.533. The number of hydrogen-bond acceptors (Lipinski definition) is 5. The van der Waals surface area contributed by atoms with Crippen molar-refractivity contribution >= 4 is 17.7 Å². The maximum absolute atomic E-state index is 13.8. The largest absolute Gasteiger partial charge is 0.469 e.